The zero-order valence-electron chi connectivity index (χ0n) is 15.8. The van der Waals surface area contributed by atoms with Gasteiger partial charge in [-0.05, 0) is 42.2 Å². The highest BCUT2D eigenvalue weighted by molar-refractivity contribution is 6.07. The molecule has 2 saturated carbocycles. The second-order valence-electron chi connectivity index (χ2n) is 8.46. The number of imide groups is 1. The fourth-order valence-corrected chi connectivity index (χ4v) is 5.64. The van der Waals surface area contributed by atoms with Crippen molar-refractivity contribution >= 4 is 23.7 Å². The average Bonchev–Trinajstić information content (AvgIpc) is 3.03. The second kappa shape index (κ2) is 5.75. The molecule has 2 heterocycles. The molecular weight excluding hydrogens is 386 g/mol. The zero-order chi connectivity index (χ0) is 20.6. The average molecular weight is 403 g/mol. The van der Waals surface area contributed by atoms with Gasteiger partial charge in [-0.2, -0.15) is 10.1 Å². The third-order valence-electron chi connectivity index (χ3n) is 7.10. The maximum absolute atomic E-state index is 12.9. The molecule has 3 aliphatic carbocycles. The minimum Gasteiger partial charge on any atom is -0.455 e. The number of amides is 2. The lowest BCUT2D eigenvalue weighted by atomic mass is 9.85. The molecule has 150 valence electrons. The van der Waals surface area contributed by atoms with Crippen molar-refractivity contribution in [1.29, 1.82) is 0 Å². The molecule has 1 spiro atoms. The molecule has 1 saturated heterocycles. The van der Waals surface area contributed by atoms with E-state index in [-0.39, 0.29) is 46.6 Å². The van der Waals surface area contributed by atoms with Crippen molar-refractivity contribution in [3.63, 3.8) is 0 Å². The van der Waals surface area contributed by atoms with Crippen molar-refractivity contribution < 1.29 is 18.9 Å². The summed E-state index contributed by atoms with van der Waals surface area (Å²) in [5.74, 6) is 0.0856. The highest BCUT2D eigenvalue weighted by Crippen LogP contribution is 2.73. The largest absolute Gasteiger partial charge is 0.455 e. The van der Waals surface area contributed by atoms with Gasteiger partial charge < -0.3 is 4.42 Å². The first-order chi connectivity index (χ1) is 14.5. The Morgan fingerprint density at radius 3 is 2.43 bits per heavy atom. The molecule has 8 heteroatoms. The Hall–Kier alpha value is -3.55. The summed E-state index contributed by atoms with van der Waals surface area (Å²) in [5, 5.41) is 16.1. The van der Waals surface area contributed by atoms with E-state index in [1.54, 1.807) is 24.3 Å². The van der Waals surface area contributed by atoms with E-state index < -0.39 is 4.92 Å². The van der Waals surface area contributed by atoms with Gasteiger partial charge in [0.05, 0.1) is 23.0 Å². The molecule has 0 radical (unpaired) electrons. The van der Waals surface area contributed by atoms with E-state index in [9.17, 15) is 19.7 Å². The molecule has 1 aromatic carbocycles. The van der Waals surface area contributed by atoms with Crippen LogP contribution in [0.15, 0.2) is 58.1 Å². The first-order valence-corrected chi connectivity index (χ1v) is 9.94. The molecule has 1 aromatic heterocycles. The van der Waals surface area contributed by atoms with Gasteiger partial charge in [0.2, 0.25) is 0 Å². The summed E-state index contributed by atoms with van der Waals surface area (Å²) < 4.78 is 5.69. The molecule has 30 heavy (non-hydrogen) atoms. The Balaban J connectivity index is 1.23. The van der Waals surface area contributed by atoms with E-state index in [0.29, 0.717) is 17.1 Å². The fourth-order valence-electron chi connectivity index (χ4n) is 5.64. The summed E-state index contributed by atoms with van der Waals surface area (Å²) >= 11 is 0. The quantitative estimate of drug-likeness (QED) is 0.256. The molecule has 2 aromatic rings. The van der Waals surface area contributed by atoms with Crippen LogP contribution in [0.4, 0.5) is 5.69 Å². The lowest BCUT2D eigenvalue weighted by molar-refractivity contribution is -0.384. The first kappa shape index (κ1) is 17.3. The van der Waals surface area contributed by atoms with Crippen LogP contribution in [0.25, 0.3) is 11.3 Å². The summed E-state index contributed by atoms with van der Waals surface area (Å²) in [6.07, 6.45) is 7.78. The summed E-state index contributed by atoms with van der Waals surface area (Å²) in [6.45, 7) is 0. The molecule has 3 fully saturated rings. The monoisotopic (exact) mass is 403 g/mol. The third-order valence-corrected chi connectivity index (χ3v) is 7.10. The predicted octanol–water partition coefficient (Wildman–Crippen LogP) is 3.39. The maximum Gasteiger partial charge on any atom is 0.270 e. The Morgan fingerprint density at radius 1 is 1.10 bits per heavy atom. The molecule has 0 unspecified atom stereocenters. The number of nitro groups is 1. The van der Waals surface area contributed by atoms with Crippen LogP contribution in [0, 0.1) is 39.2 Å². The van der Waals surface area contributed by atoms with E-state index >= 15 is 0 Å². The normalized spacial score (nSPS) is 30.1. The topological polar surface area (TPSA) is 106 Å². The number of non-ortho nitro benzene ring substituents is 1. The van der Waals surface area contributed by atoms with Crippen molar-refractivity contribution in [3.8, 4) is 11.3 Å². The molecule has 2 bridgehead atoms. The van der Waals surface area contributed by atoms with Crippen LogP contribution in [-0.4, -0.2) is 28.0 Å². The molecule has 1 aliphatic heterocycles. The number of hydrazone groups is 1. The van der Waals surface area contributed by atoms with E-state index in [2.05, 4.69) is 17.3 Å². The third kappa shape index (κ3) is 2.18. The minimum atomic E-state index is -0.468. The van der Waals surface area contributed by atoms with Gasteiger partial charge in [-0.25, -0.2) is 0 Å². The Labute approximate surface area is 171 Å². The number of carbonyl (C=O) groups is 2. The molecule has 2 amide bonds. The highest BCUT2D eigenvalue weighted by Gasteiger charge is 2.73. The minimum absolute atomic E-state index is 0.0319. The standard InChI is InChI=1S/C22H17N3O5/c26-20-18-15-5-6-16(22(15)8-9-22)19(18)21(27)24(20)23-11-14-4-7-17(30-14)12-2-1-3-13(10-12)25(28)29/h1-7,10-11,15-16,18-19H,8-9H2/b23-11-/t15-,16-,18-,19-/m0/s1. The molecule has 4 aliphatic rings. The van der Waals surface area contributed by atoms with Gasteiger partial charge in [0.1, 0.15) is 11.5 Å². The number of benzene rings is 1. The molecular formula is C22H17N3O5. The number of hydrogen-bond donors (Lipinski definition) is 0. The Kier molecular flexibility index (Phi) is 3.32. The van der Waals surface area contributed by atoms with E-state index in [1.165, 1.54) is 18.3 Å². The van der Waals surface area contributed by atoms with Crippen molar-refractivity contribution in [2.75, 3.05) is 0 Å². The molecule has 0 N–H and O–H groups in total. The number of nitrogens with zero attached hydrogens (tertiary/aromatic N) is 3. The van der Waals surface area contributed by atoms with Crippen molar-refractivity contribution in [2.24, 2.45) is 34.2 Å². The summed E-state index contributed by atoms with van der Waals surface area (Å²) in [7, 11) is 0. The van der Waals surface area contributed by atoms with E-state index in [4.69, 9.17) is 4.42 Å². The van der Waals surface area contributed by atoms with Gasteiger partial charge in [0.15, 0.2) is 0 Å². The Morgan fingerprint density at radius 2 is 1.80 bits per heavy atom. The lowest BCUT2D eigenvalue weighted by Crippen LogP contribution is -2.30. The fraction of sp³-hybridized carbons (Fsp3) is 0.318. The summed E-state index contributed by atoms with van der Waals surface area (Å²) in [4.78, 5) is 36.3. The maximum atomic E-state index is 12.9. The number of hydrogen-bond acceptors (Lipinski definition) is 6. The number of furan rings is 1. The zero-order valence-corrected chi connectivity index (χ0v) is 15.8. The van der Waals surface area contributed by atoms with Gasteiger partial charge in [-0.3, -0.25) is 19.7 Å². The smallest absolute Gasteiger partial charge is 0.270 e. The van der Waals surface area contributed by atoms with Crippen LogP contribution in [0.5, 0.6) is 0 Å². The van der Waals surface area contributed by atoms with Gasteiger partial charge in [-0.15, -0.1) is 0 Å². The SMILES string of the molecule is O=C1[C@@H]2[C@@H](C(=O)N1/N=C\c1ccc(-c3cccc([N+](=O)[O-])c3)o1)[C@@H]1C=C[C@@H]2C12CC2. The molecule has 8 nitrogen and oxygen atoms in total. The van der Waals surface area contributed by atoms with Crippen molar-refractivity contribution in [1.82, 2.24) is 5.01 Å². The lowest BCUT2D eigenvalue weighted by Gasteiger charge is -2.18. The van der Waals surface area contributed by atoms with Crippen LogP contribution < -0.4 is 0 Å². The number of allylic oxidation sites excluding steroid dienone is 2. The van der Waals surface area contributed by atoms with Gasteiger partial charge in [0, 0.05) is 17.7 Å². The van der Waals surface area contributed by atoms with Crippen molar-refractivity contribution in [2.45, 2.75) is 12.8 Å². The van der Waals surface area contributed by atoms with E-state index in [1.807, 2.05) is 0 Å². The molecule has 6 rings (SSSR count). The van der Waals surface area contributed by atoms with Crippen LogP contribution in [0.2, 0.25) is 0 Å². The van der Waals surface area contributed by atoms with Crippen LogP contribution in [0.1, 0.15) is 18.6 Å². The molecule has 4 atom stereocenters. The first-order valence-electron chi connectivity index (χ1n) is 9.94. The highest BCUT2D eigenvalue weighted by atomic mass is 16.6. The van der Waals surface area contributed by atoms with Gasteiger partial charge in [-0.1, -0.05) is 24.3 Å². The van der Waals surface area contributed by atoms with Crippen LogP contribution >= 0.6 is 0 Å². The summed E-state index contributed by atoms with van der Waals surface area (Å²) in [6, 6.07) is 9.43. The van der Waals surface area contributed by atoms with E-state index in [0.717, 1.165) is 17.9 Å². The number of carbonyl (C=O) groups excluding carboxylic acids is 2. The number of fused-ring (bicyclic) bond motifs is 3. The Bertz CT molecular complexity index is 1140. The van der Waals surface area contributed by atoms with Crippen LogP contribution in [-0.2, 0) is 9.59 Å². The van der Waals surface area contributed by atoms with Crippen molar-refractivity contribution in [3.05, 3.63) is 64.4 Å². The van der Waals surface area contributed by atoms with Gasteiger partial charge in [0.25, 0.3) is 17.5 Å². The summed E-state index contributed by atoms with van der Waals surface area (Å²) in [5.41, 5.74) is 0.685. The number of nitro benzene ring substituents is 1. The predicted molar refractivity (Wildman–Crippen MR) is 105 cm³/mol. The van der Waals surface area contributed by atoms with Crippen LogP contribution in [0.3, 0.4) is 0 Å². The second-order valence-corrected chi connectivity index (χ2v) is 8.46. The van der Waals surface area contributed by atoms with Gasteiger partial charge >= 0.3 is 0 Å². The number of rotatable bonds is 4.